The molecule has 0 aliphatic carbocycles. The summed E-state index contributed by atoms with van der Waals surface area (Å²) in [5, 5.41) is 14.5. The van der Waals surface area contributed by atoms with Gasteiger partial charge >= 0.3 is 0 Å². The summed E-state index contributed by atoms with van der Waals surface area (Å²) < 4.78 is 20.3. The van der Waals surface area contributed by atoms with Gasteiger partial charge in [0.15, 0.2) is 0 Å². The fraction of sp³-hybridized carbons (Fsp3) is 0. The fourth-order valence-electron chi connectivity index (χ4n) is 11.0. The van der Waals surface area contributed by atoms with Crippen molar-refractivity contribution in [3.8, 4) is 11.4 Å². The van der Waals surface area contributed by atoms with Crippen molar-refractivity contribution < 1.29 is 8.83 Å². The van der Waals surface area contributed by atoms with Gasteiger partial charge in [-0.3, -0.25) is 0 Å². The smallest absolute Gasteiger partial charge is 0.136 e. The second kappa shape index (κ2) is 10.5. The van der Waals surface area contributed by atoms with E-state index >= 15 is 0 Å². The number of benzene rings is 9. The fourth-order valence-corrected chi connectivity index (χ4v) is 11.0. The minimum absolute atomic E-state index is 0.911. The van der Waals surface area contributed by atoms with E-state index in [9.17, 15) is 0 Å². The van der Waals surface area contributed by atoms with E-state index in [0.717, 1.165) is 33.1 Å². The molecule has 0 aliphatic heterocycles. The Morgan fingerprint density at radius 1 is 0.254 bits per heavy atom. The molecule has 272 valence electrons. The number of fused-ring (bicyclic) bond motifs is 20. The second-order valence-electron chi connectivity index (χ2n) is 15.9. The molecule has 59 heavy (non-hydrogen) atoms. The molecule has 0 atom stereocenters. The maximum absolute atomic E-state index is 6.41. The number of rotatable bonds is 2. The number of nitrogens with zero attached hydrogens (tertiary/aromatic N) is 3. The number of hydrogen-bond donors (Lipinski definition) is 0. The lowest BCUT2D eigenvalue weighted by molar-refractivity contribution is 0.669. The van der Waals surface area contributed by atoms with Crippen molar-refractivity contribution in [1.29, 1.82) is 0 Å². The highest BCUT2D eigenvalue weighted by Gasteiger charge is 2.26. The first kappa shape index (κ1) is 30.2. The van der Waals surface area contributed by atoms with Gasteiger partial charge < -0.3 is 22.4 Å². The molecule has 0 amide bonds. The van der Waals surface area contributed by atoms with Crippen LogP contribution in [-0.2, 0) is 0 Å². The van der Waals surface area contributed by atoms with Crippen molar-refractivity contribution in [2.75, 3.05) is 0 Å². The summed E-state index contributed by atoms with van der Waals surface area (Å²) in [6, 6.07) is 63.7. The third-order valence-corrected chi connectivity index (χ3v) is 13.2. The van der Waals surface area contributed by atoms with E-state index in [4.69, 9.17) is 8.83 Å². The first-order valence-electron chi connectivity index (χ1n) is 20.2. The van der Waals surface area contributed by atoms with Gasteiger partial charge in [0.25, 0.3) is 0 Å². The lowest BCUT2D eigenvalue weighted by Crippen LogP contribution is -1.96. The van der Waals surface area contributed by atoms with Gasteiger partial charge in [-0.2, -0.15) is 0 Å². The average molecular weight is 752 g/mol. The summed E-state index contributed by atoms with van der Waals surface area (Å²) in [6.45, 7) is 0. The number of para-hydroxylation sites is 5. The van der Waals surface area contributed by atoms with E-state index in [1.807, 2.05) is 12.1 Å². The molecule has 15 rings (SSSR count). The topological polar surface area (TPSA) is 40.5 Å². The summed E-state index contributed by atoms with van der Waals surface area (Å²) in [7, 11) is 0. The van der Waals surface area contributed by atoms with Crippen LogP contribution < -0.4 is 0 Å². The molecule has 0 saturated carbocycles. The van der Waals surface area contributed by atoms with Gasteiger partial charge in [-0.15, -0.1) is 0 Å². The van der Waals surface area contributed by atoms with Crippen molar-refractivity contribution in [2.45, 2.75) is 0 Å². The molecular weight excluding hydrogens is 723 g/mol. The van der Waals surface area contributed by atoms with Crippen molar-refractivity contribution in [1.82, 2.24) is 13.5 Å². The van der Waals surface area contributed by atoms with E-state index < -0.39 is 0 Å². The van der Waals surface area contributed by atoms with Crippen LogP contribution in [0.2, 0.25) is 0 Å². The molecular formula is C54H29N3O2. The molecule has 6 aromatic heterocycles. The van der Waals surface area contributed by atoms with Crippen LogP contribution in [0.4, 0.5) is 0 Å². The first-order chi connectivity index (χ1) is 29.3. The van der Waals surface area contributed by atoms with Crippen LogP contribution in [0.3, 0.4) is 0 Å². The van der Waals surface area contributed by atoms with Gasteiger partial charge in [0.2, 0.25) is 0 Å². The Bertz CT molecular complexity index is 4050. The Hall–Kier alpha value is -8.02. The van der Waals surface area contributed by atoms with Crippen LogP contribution in [0, 0.1) is 0 Å². The zero-order chi connectivity index (χ0) is 38.1. The lowest BCUT2D eigenvalue weighted by Gasteiger charge is -2.12. The van der Waals surface area contributed by atoms with Crippen molar-refractivity contribution in [3.63, 3.8) is 0 Å². The normalized spacial score (nSPS) is 12.7. The number of hydrogen-bond acceptors (Lipinski definition) is 2. The van der Waals surface area contributed by atoms with Crippen LogP contribution in [0.5, 0.6) is 0 Å². The quantitative estimate of drug-likeness (QED) is 0.176. The zero-order valence-corrected chi connectivity index (χ0v) is 31.4. The van der Waals surface area contributed by atoms with Crippen LogP contribution in [0.15, 0.2) is 185 Å². The van der Waals surface area contributed by atoms with Gasteiger partial charge in [-0.1, -0.05) is 103 Å². The Labute approximate surface area is 334 Å². The van der Waals surface area contributed by atoms with Gasteiger partial charge in [0.1, 0.15) is 22.3 Å². The van der Waals surface area contributed by atoms with Crippen LogP contribution in [-0.4, -0.2) is 13.5 Å². The van der Waals surface area contributed by atoms with E-state index in [2.05, 4.69) is 177 Å². The summed E-state index contributed by atoms with van der Waals surface area (Å²) >= 11 is 0. The molecule has 15 aromatic rings. The monoisotopic (exact) mass is 751 g/mol. The number of aromatic nitrogens is 3. The van der Waals surface area contributed by atoms with Crippen LogP contribution in [0.1, 0.15) is 0 Å². The first-order valence-corrected chi connectivity index (χ1v) is 20.2. The summed E-state index contributed by atoms with van der Waals surface area (Å²) in [6.07, 6.45) is 0. The lowest BCUT2D eigenvalue weighted by atomic mass is 10.0. The summed E-state index contributed by atoms with van der Waals surface area (Å²) in [4.78, 5) is 0. The molecule has 0 fully saturated rings. The zero-order valence-electron chi connectivity index (χ0n) is 31.4. The molecule has 0 N–H and O–H groups in total. The molecule has 0 aliphatic rings. The molecule has 9 aromatic carbocycles. The van der Waals surface area contributed by atoms with Crippen molar-refractivity contribution >= 4 is 126 Å². The summed E-state index contributed by atoms with van der Waals surface area (Å²) in [5.41, 5.74) is 14.3. The van der Waals surface area contributed by atoms with Gasteiger partial charge in [-0.25, -0.2) is 0 Å². The highest BCUT2D eigenvalue weighted by atomic mass is 16.3. The highest BCUT2D eigenvalue weighted by Crippen LogP contribution is 2.48. The number of furan rings is 2. The molecule has 6 heterocycles. The third kappa shape index (κ3) is 3.55. The molecule has 0 saturated heterocycles. The van der Waals surface area contributed by atoms with Gasteiger partial charge in [0.05, 0.1) is 50.0 Å². The Morgan fingerprint density at radius 3 is 1.17 bits per heavy atom. The van der Waals surface area contributed by atoms with Crippen molar-refractivity contribution in [3.05, 3.63) is 176 Å². The Morgan fingerprint density at radius 2 is 0.661 bits per heavy atom. The molecule has 0 unspecified atom stereocenters. The van der Waals surface area contributed by atoms with Crippen LogP contribution in [0.25, 0.3) is 137 Å². The minimum atomic E-state index is 0.911. The van der Waals surface area contributed by atoms with Crippen molar-refractivity contribution in [2.24, 2.45) is 0 Å². The molecule has 0 radical (unpaired) electrons. The molecule has 5 heteroatoms. The summed E-state index contributed by atoms with van der Waals surface area (Å²) in [5.74, 6) is 0. The standard InChI is InChI=1S/C54H29N3O2/c1-5-18-36-30(12-1)50-42(26-28-46-52(50)32-14-3-7-24-44(32)58-46)55(36)38-20-10-22-40-48(38)34-16-9-17-35-49-39(21-11-23-41(49)57(40)54(34)35)56-37-19-6-2-13-31(37)51-43(56)27-29-47-53(51)33-15-4-8-25-45(33)59-47/h1-29H. The average Bonchev–Trinajstić information content (AvgIpc) is 4.13. The van der Waals surface area contributed by atoms with E-state index in [-0.39, 0.29) is 0 Å². The SMILES string of the molecule is c1ccc2c(c1)oc1ccc3c(c4ccccc4n3-c3cccc4c3c3cccc5c6c(-n7c8ccccc8c8c9c(ccc87)oc7ccccc79)cccc6n4c35)c12. The predicted octanol–water partition coefficient (Wildman–Crippen LogP) is 14.8. The minimum Gasteiger partial charge on any atom is -0.456 e. The maximum atomic E-state index is 6.41. The largest absolute Gasteiger partial charge is 0.456 e. The van der Waals surface area contributed by atoms with E-state index in [1.54, 1.807) is 0 Å². The maximum Gasteiger partial charge on any atom is 0.136 e. The Kier molecular flexibility index (Phi) is 5.36. The molecule has 0 bridgehead atoms. The van der Waals surface area contributed by atoms with Crippen LogP contribution >= 0.6 is 0 Å². The predicted molar refractivity (Wildman–Crippen MR) is 244 cm³/mol. The molecule has 0 spiro atoms. The van der Waals surface area contributed by atoms with E-state index in [0.29, 0.717) is 0 Å². The Balaban J connectivity index is 1.06. The highest BCUT2D eigenvalue weighted by molar-refractivity contribution is 6.31. The van der Waals surface area contributed by atoms with E-state index in [1.165, 1.54) is 104 Å². The van der Waals surface area contributed by atoms with Gasteiger partial charge in [-0.05, 0) is 72.8 Å². The second-order valence-corrected chi connectivity index (χ2v) is 15.9. The molecule has 5 nitrogen and oxygen atoms in total. The van der Waals surface area contributed by atoms with Gasteiger partial charge in [0, 0.05) is 64.6 Å². The third-order valence-electron chi connectivity index (χ3n) is 13.2.